The fraction of sp³-hybridized carbons (Fsp3) is 0.562. The van der Waals surface area contributed by atoms with Gasteiger partial charge in [0.25, 0.3) is 0 Å². The van der Waals surface area contributed by atoms with E-state index in [9.17, 15) is 4.79 Å². The summed E-state index contributed by atoms with van der Waals surface area (Å²) in [5.41, 5.74) is 1.30. The first-order valence-electron chi connectivity index (χ1n) is 7.25. The first-order valence-corrected chi connectivity index (χ1v) is 7.25. The number of nitrogens with zero attached hydrogens (tertiary/aromatic N) is 2. The summed E-state index contributed by atoms with van der Waals surface area (Å²) in [5.74, 6) is 0.316. The molecule has 1 aromatic rings. The summed E-state index contributed by atoms with van der Waals surface area (Å²) in [7, 11) is 2.14. The van der Waals surface area contributed by atoms with Crippen LogP contribution in [0.15, 0.2) is 30.3 Å². The Labute approximate surface area is 116 Å². The van der Waals surface area contributed by atoms with Crippen molar-refractivity contribution in [1.29, 1.82) is 0 Å². The largest absolute Gasteiger partial charge is 0.339 e. The molecule has 1 aliphatic heterocycles. The van der Waals surface area contributed by atoms with Gasteiger partial charge in [0.1, 0.15) is 0 Å². The molecule has 1 atom stereocenters. The number of hydrogen-bond donors (Lipinski definition) is 0. The topological polar surface area (TPSA) is 23.6 Å². The summed E-state index contributed by atoms with van der Waals surface area (Å²) in [6.45, 7) is 4.77. The Morgan fingerprint density at radius 2 is 2.00 bits per heavy atom. The molecule has 1 saturated heterocycles. The summed E-state index contributed by atoms with van der Waals surface area (Å²) in [6, 6.07) is 10.8. The van der Waals surface area contributed by atoms with E-state index in [1.807, 2.05) is 11.0 Å². The molecule has 1 heterocycles. The van der Waals surface area contributed by atoms with Crippen LogP contribution in [0.5, 0.6) is 0 Å². The molecule has 1 unspecified atom stereocenters. The smallest absolute Gasteiger partial charge is 0.222 e. The Bertz CT molecular complexity index is 404. The second-order valence-corrected chi connectivity index (χ2v) is 5.35. The minimum atomic E-state index is 0.316. The normalized spacial score (nSPS) is 20.5. The lowest BCUT2D eigenvalue weighted by Crippen LogP contribution is -2.48. The number of hydrogen-bond acceptors (Lipinski definition) is 2. The summed E-state index contributed by atoms with van der Waals surface area (Å²) >= 11 is 0. The van der Waals surface area contributed by atoms with Crippen LogP contribution in [0.4, 0.5) is 0 Å². The number of carbonyl (C=O) groups excluding carboxylic acids is 1. The first-order chi connectivity index (χ1) is 9.22. The third-order valence-electron chi connectivity index (χ3n) is 3.93. The zero-order valence-electron chi connectivity index (χ0n) is 12.0. The van der Waals surface area contributed by atoms with E-state index >= 15 is 0 Å². The van der Waals surface area contributed by atoms with Gasteiger partial charge >= 0.3 is 0 Å². The van der Waals surface area contributed by atoms with Crippen molar-refractivity contribution in [2.45, 2.75) is 32.2 Å². The molecule has 1 aromatic carbocycles. The molecule has 0 N–H and O–H groups in total. The molecule has 0 aromatic heterocycles. The molecule has 19 heavy (non-hydrogen) atoms. The molecule has 0 aliphatic carbocycles. The van der Waals surface area contributed by atoms with Crippen LogP contribution in [0.25, 0.3) is 0 Å². The molecule has 2 rings (SSSR count). The Hall–Kier alpha value is -1.35. The monoisotopic (exact) mass is 260 g/mol. The number of benzene rings is 1. The van der Waals surface area contributed by atoms with Gasteiger partial charge in [0.15, 0.2) is 0 Å². The molecular weight excluding hydrogens is 236 g/mol. The maximum Gasteiger partial charge on any atom is 0.222 e. The predicted molar refractivity (Wildman–Crippen MR) is 77.9 cm³/mol. The third-order valence-corrected chi connectivity index (χ3v) is 3.93. The van der Waals surface area contributed by atoms with Crippen molar-refractivity contribution in [3.63, 3.8) is 0 Å². The van der Waals surface area contributed by atoms with E-state index in [0.717, 1.165) is 32.5 Å². The highest BCUT2D eigenvalue weighted by Gasteiger charge is 2.27. The summed E-state index contributed by atoms with van der Waals surface area (Å²) in [5, 5.41) is 0. The van der Waals surface area contributed by atoms with Crippen molar-refractivity contribution in [2.24, 2.45) is 0 Å². The number of unbranched alkanes of at least 4 members (excludes halogenated alkanes) is 1. The number of piperazine rings is 1. The number of carbonyl (C=O) groups is 1. The van der Waals surface area contributed by atoms with Crippen molar-refractivity contribution >= 4 is 5.91 Å². The molecule has 3 nitrogen and oxygen atoms in total. The lowest BCUT2D eigenvalue weighted by Gasteiger charge is -2.39. The minimum absolute atomic E-state index is 0.316. The van der Waals surface area contributed by atoms with Crippen LogP contribution in [0.2, 0.25) is 0 Å². The van der Waals surface area contributed by atoms with Crippen LogP contribution in [0.3, 0.4) is 0 Å². The van der Waals surface area contributed by atoms with E-state index < -0.39 is 0 Å². The van der Waals surface area contributed by atoms with Crippen molar-refractivity contribution in [3.05, 3.63) is 35.9 Å². The minimum Gasteiger partial charge on any atom is -0.339 e. The van der Waals surface area contributed by atoms with Gasteiger partial charge in [-0.2, -0.15) is 0 Å². The highest BCUT2D eigenvalue weighted by molar-refractivity contribution is 5.76. The number of amides is 1. The molecule has 0 spiro atoms. The van der Waals surface area contributed by atoms with Gasteiger partial charge in [0, 0.05) is 26.1 Å². The fourth-order valence-electron chi connectivity index (χ4n) is 2.62. The van der Waals surface area contributed by atoms with E-state index in [-0.39, 0.29) is 0 Å². The molecular formula is C16H24N2O. The van der Waals surface area contributed by atoms with Crippen LogP contribution >= 0.6 is 0 Å². The maximum atomic E-state index is 12.1. The molecule has 1 fully saturated rings. The molecule has 1 aliphatic rings. The molecule has 0 saturated carbocycles. The van der Waals surface area contributed by atoms with Crippen molar-refractivity contribution in [2.75, 3.05) is 26.7 Å². The van der Waals surface area contributed by atoms with Crippen LogP contribution in [-0.4, -0.2) is 42.4 Å². The second-order valence-electron chi connectivity index (χ2n) is 5.35. The second kappa shape index (κ2) is 6.71. The van der Waals surface area contributed by atoms with Gasteiger partial charge < -0.3 is 4.90 Å². The third kappa shape index (κ3) is 3.57. The fourth-order valence-corrected chi connectivity index (χ4v) is 2.62. The van der Waals surface area contributed by atoms with Crippen LogP contribution < -0.4 is 0 Å². The zero-order chi connectivity index (χ0) is 13.7. The Balaban J connectivity index is 2.02. The molecule has 1 amide bonds. The van der Waals surface area contributed by atoms with Gasteiger partial charge in [-0.3, -0.25) is 9.69 Å². The average Bonchev–Trinajstić information content (AvgIpc) is 2.46. The molecule has 0 radical (unpaired) electrons. The van der Waals surface area contributed by atoms with Crippen molar-refractivity contribution in [1.82, 2.24) is 9.80 Å². The Kier molecular flexibility index (Phi) is 4.97. The van der Waals surface area contributed by atoms with Crippen LogP contribution in [-0.2, 0) is 4.79 Å². The molecule has 3 heteroatoms. The van der Waals surface area contributed by atoms with E-state index in [1.165, 1.54) is 5.56 Å². The predicted octanol–water partition coefficient (Wildman–Crippen LogP) is 2.69. The quantitative estimate of drug-likeness (QED) is 0.831. The van der Waals surface area contributed by atoms with E-state index in [1.54, 1.807) is 0 Å². The lowest BCUT2D eigenvalue weighted by atomic mass is 10.0. The summed E-state index contributed by atoms with van der Waals surface area (Å²) in [6.07, 6.45) is 2.78. The van der Waals surface area contributed by atoms with Gasteiger partial charge in [-0.25, -0.2) is 0 Å². The Morgan fingerprint density at radius 3 is 2.68 bits per heavy atom. The van der Waals surface area contributed by atoms with Crippen molar-refractivity contribution in [3.8, 4) is 0 Å². The van der Waals surface area contributed by atoms with Gasteiger partial charge in [0.05, 0.1) is 6.04 Å². The highest BCUT2D eigenvalue weighted by atomic mass is 16.2. The average molecular weight is 260 g/mol. The van der Waals surface area contributed by atoms with Crippen LogP contribution in [0.1, 0.15) is 37.8 Å². The number of rotatable bonds is 4. The van der Waals surface area contributed by atoms with E-state index in [4.69, 9.17) is 0 Å². The van der Waals surface area contributed by atoms with Gasteiger partial charge in [0.2, 0.25) is 5.91 Å². The maximum absolute atomic E-state index is 12.1. The number of likely N-dealkylation sites (N-methyl/N-ethyl adjacent to an activating group) is 1. The standard InChI is InChI=1S/C16H24N2O/c1-3-4-10-16(19)18-12-11-17(2)15(13-18)14-8-6-5-7-9-14/h5-9,15H,3-4,10-13H2,1-2H3. The SMILES string of the molecule is CCCCC(=O)N1CCN(C)C(c2ccccc2)C1. The molecule has 0 bridgehead atoms. The summed E-state index contributed by atoms with van der Waals surface area (Å²) < 4.78 is 0. The first kappa shape index (κ1) is 14.1. The van der Waals surface area contributed by atoms with E-state index in [0.29, 0.717) is 18.4 Å². The Morgan fingerprint density at radius 1 is 1.26 bits per heavy atom. The molecule has 104 valence electrons. The zero-order valence-corrected chi connectivity index (χ0v) is 12.0. The highest BCUT2D eigenvalue weighted by Crippen LogP contribution is 2.24. The van der Waals surface area contributed by atoms with Crippen molar-refractivity contribution < 1.29 is 4.79 Å². The van der Waals surface area contributed by atoms with E-state index in [2.05, 4.69) is 43.1 Å². The lowest BCUT2D eigenvalue weighted by molar-refractivity contribution is -0.134. The van der Waals surface area contributed by atoms with Gasteiger partial charge in [-0.05, 0) is 19.0 Å². The summed E-state index contributed by atoms with van der Waals surface area (Å²) in [4.78, 5) is 16.5. The van der Waals surface area contributed by atoms with Gasteiger partial charge in [-0.15, -0.1) is 0 Å². The van der Waals surface area contributed by atoms with Gasteiger partial charge in [-0.1, -0.05) is 43.7 Å². The van der Waals surface area contributed by atoms with Crippen LogP contribution in [0, 0.1) is 0 Å².